The summed E-state index contributed by atoms with van der Waals surface area (Å²) >= 11 is 0. The largest absolute Gasteiger partial charge is 0.351 e. The zero-order valence-electron chi connectivity index (χ0n) is 10.9. The van der Waals surface area contributed by atoms with Gasteiger partial charge in [-0.25, -0.2) is 0 Å². The summed E-state index contributed by atoms with van der Waals surface area (Å²) in [5, 5.41) is 3.74. The van der Waals surface area contributed by atoms with E-state index < -0.39 is 0 Å². The summed E-state index contributed by atoms with van der Waals surface area (Å²) in [6.45, 7) is 6.46. The average Bonchev–Trinajstić information content (AvgIpc) is 2.85. The van der Waals surface area contributed by atoms with E-state index >= 15 is 0 Å². The number of nitrogens with zero attached hydrogens (tertiary/aromatic N) is 2. The van der Waals surface area contributed by atoms with Crippen molar-refractivity contribution in [2.45, 2.75) is 13.5 Å². The summed E-state index contributed by atoms with van der Waals surface area (Å²) in [6.07, 6.45) is 1.70. The highest BCUT2D eigenvalue weighted by atomic mass is 16.5. The van der Waals surface area contributed by atoms with Gasteiger partial charge in [-0.3, -0.25) is 4.79 Å². The molecule has 0 atom stereocenters. The Morgan fingerprint density at radius 3 is 2.74 bits per heavy atom. The van der Waals surface area contributed by atoms with Gasteiger partial charge < -0.3 is 9.42 Å². The van der Waals surface area contributed by atoms with Crippen LogP contribution >= 0.6 is 0 Å². The van der Waals surface area contributed by atoms with Crippen LogP contribution in [-0.4, -0.2) is 22.5 Å². The maximum Gasteiger partial charge on any atom is 0.293 e. The third-order valence-electron chi connectivity index (χ3n) is 2.69. The normalized spacial score (nSPS) is 10.2. The Bertz CT molecular complexity index is 561. The molecule has 19 heavy (non-hydrogen) atoms. The van der Waals surface area contributed by atoms with Crippen LogP contribution < -0.4 is 0 Å². The van der Waals surface area contributed by atoms with Crippen molar-refractivity contribution in [3.05, 3.63) is 66.1 Å². The van der Waals surface area contributed by atoms with Gasteiger partial charge in [-0.05, 0) is 12.5 Å². The van der Waals surface area contributed by atoms with Crippen LogP contribution in [0.15, 0.2) is 53.6 Å². The van der Waals surface area contributed by atoms with Crippen molar-refractivity contribution in [2.24, 2.45) is 0 Å². The zero-order valence-corrected chi connectivity index (χ0v) is 10.9. The molecule has 0 aliphatic carbocycles. The van der Waals surface area contributed by atoms with Crippen LogP contribution in [0.3, 0.4) is 0 Å². The second kappa shape index (κ2) is 6.00. The number of amides is 1. The molecule has 0 bridgehead atoms. The molecular formula is C15H16N2O2. The lowest BCUT2D eigenvalue weighted by Crippen LogP contribution is -2.30. The highest BCUT2D eigenvalue weighted by Gasteiger charge is 2.19. The zero-order chi connectivity index (χ0) is 13.7. The standard InChI is InChI=1S/C15H16N2O2/c1-3-9-17(11-13-7-5-4-6-8-13)15(18)14-10-12(2)16-19-14/h3-8,10H,1,9,11H2,2H3. The van der Waals surface area contributed by atoms with Crippen LogP contribution in [0, 0.1) is 6.92 Å². The molecule has 0 unspecified atom stereocenters. The van der Waals surface area contributed by atoms with Crippen molar-refractivity contribution in [1.82, 2.24) is 10.1 Å². The number of carbonyl (C=O) groups is 1. The van der Waals surface area contributed by atoms with Crippen molar-refractivity contribution in [3.8, 4) is 0 Å². The van der Waals surface area contributed by atoms with E-state index in [1.807, 2.05) is 30.3 Å². The monoisotopic (exact) mass is 256 g/mol. The molecule has 1 heterocycles. The molecule has 0 aliphatic heterocycles. The summed E-state index contributed by atoms with van der Waals surface area (Å²) < 4.78 is 5.02. The van der Waals surface area contributed by atoms with Crippen LogP contribution in [-0.2, 0) is 6.54 Å². The second-order valence-corrected chi connectivity index (χ2v) is 4.29. The molecule has 1 amide bonds. The fourth-order valence-corrected chi connectivity index (χ4v) is 1.80. The van der Waals surface area contributed by atoms with Crippen LogP contribution in [0.2, 0.25) is 0 Å². The minimum Gasteiger partial charge on any atom is -0.351 e. The Morgan fingerprint density at radius 1 is 1.42 bits per heavy atom. The second-order valence-electron chi connectivity index (χ2n) is 4.29. The van der Waals surface area contributed by atoms with Crippen LogP contribution in [0.25, 0.3) is 0 Å². The first-order valence-electron chi connectivity index (χ1n) is 6.08. The van der Waals surface area contributed by atoms with Gasteiger partial charge in [0, 0.05) is 19.2 Å². The van der Waals surface area contributed by atoms with Crippen LogP contribution in [0.4, 0.5) is 0 Å². The summed E-state index contributed by atoms with van der Waals surface area (Å²) in [4.78, 5) is 14.0. The van der Waals surface area contributed by atoms with E-state index in [0.717, 1.165) is 5.56 Å². The minimum atomic E-state index is -0.177. The van der Waals surface area contributed by atoms with Crippen LogP contribution in [0.5, 0.6) is 0 Å². The van der Waals surface area contributed by atoms with E-state index in [1.54, 1.807) is 24.0 Å². The third kappa shape index (κ3) is 3.31. The lowest BCUT2D eigenvalue weighted by Gasteiger charge is -2.19. The summed E-state index contributed by atoms with van der Waals surface area (Å²) in [6, 6.07) is 11.4. The van der Waals surface area contributed by atoms with Gasteiger partial charge in [0.05, 0.1) is 5.69 Å². The number of aromatic nitrogens is 1. The summed E-state index contributed by atoms with van der Waals surface area (Å²) in [7, 11) is 0. The molecule has 0 saturated carbocycles. The maximum absolute atomic E-state index is 12.3. The Balaban J connectivity index is 2.15. The number of hydrogen-bond acceptors (Lipinski definition) is 3. The van der Waals surface area contributed by atoms with Crippen molar-refractivity contribution >= 4 is 5.91 Å². The molecule has 1 aromatic carbocycles. The van der Waals surface area contributed by atoms with Gasteiger partial charge in [0.2, 0.25) is 5.76 Å². The molecule has 4 heteroatoms. The van der Waals surface area contributed by atoms with Gasteiger partial charge in [-0.15, -0.1) is 6.58 Å². The smallest absolute Gasteiger partial charge is 0.293 e. The fraction of sp³-hybridized carbons (Fsp3) is 0.200. The van der Waals surface area contributed by atoms with Crippen molar-refractivity contribution < 1.29 is 9.32 Å². The van der Waals surface area contributed by atoms with Gasteiger partial charge in [0.15, 0.2) is 0 Å². The first-order chi connectivity index (χ1) is 9.20. The molecule has 4 nitrogen and oxygen atoms in total. The lowest BCUT2D eigenvalue weighted by atomic mass is 10.2. The Hall–Kier alpha value is -2.36. The van der Waals surface area contributed by atoms with Gasteiger partial charge in [-0.2, -0.15) is 0 Å². The van der Waals surface area contributed by atoms with E-state index in [-0.39, 0.29) is 11.7 Å². The summed E-state index contributed by atoms with van der Waals surface area (Å²) in [5.74, 6) is 0.0830. The SMILES string of the molecule is C=CCN(Cc1ccccc1)C(=O)c1cc(C)no1. The quantitative estimate of drug-likeness (QED) is 0.773. The minimum absolute atomic E-state index is 0.177. The molecule has 2 rings (SSSR count). The van der Waals surface area contributed by atoms with Crippen molar-refractivity contribution in [2.75, 3.05) is 6.54 Å². The molecule has 0 fully saturated rings. The van der Waals surface area contributed by atoms with Gasteiger partial charge in [-0.1, -0.05) is 41.6 Å². The predicted octanol–water partition coefficient (Wildman–Crippen LogP) is 2.81. The van der Waals surface area contributed by atoms with E-state index in [4.69, 9.17) is 4.52 Å². The molecule has 0 N–H and O–H groups in total. The number of aryl methyl sites for hydroxylation is 1. The highest BCUT2D eigenvalue weighted by molar-refractivity contribution is 5.91. The van der Waals surface area contributed by atoms with Gasteiger partial charge in [0.25, 0.3) is 5.91 Å². The summed E-state index contributed by atoms with van der Waals surface area (Å²) in [5.41, 5.74) is 1.76. The lowest BCUT2D eigenvalue weighted by molar-refractivity contribution is 0.0720. The molecule has 2 aromatic rings. The Morgan fingerprint density at radius 2 is 2.16 bits per heavy atom. The highest BCUT2D eigenvalue weighted by Crippen LogP contribution is 2.11. The Labute approximate surface area is 112 Å². The van der Waals surface area contributed by atoms with E-state index in [9.17, 15) is 4.79 Å². The molecule has 1 aromatic heterocycles. The topological polar surface area (TPSA) is 46.3 Å². The fourth-order valence-electron chi connectivity index (χ4n) is 1.80. The Kier molecular flexibility index (Phi) is 4.13. The molecule has 0 spiro atoms. The number of benzene rings is 1. The predicted molar refractivity (Wildman–Crippen MR) is 72.6 cm³/mol. The van der Waals surface area contributed by atoms with E-state index in [0.29, 0.717) is 18.8 Å². The van der Waals surface area contributed by atoms with E-state index in [2.05, 4.69) is 11.7 Å². The maximum atomic E-state index is 12.3. The number of rotatable bonds is 5. The van der Waals surface area contributed by atoms with Gasteiger partial charge >= 0.3 is 0 Å². The first kappa shape index (κ1) is 13.1. The molecule has 0 radical (unpaired) electrons. The number of carbonyl (C=O) groups excluding carboxylic acids is 1. The number of hydrogen-bond donors (Lipinski definition) is 0. The molecule has 98 valence electrons. The van der Waals surface area contributed by atoms with Crippen molar-refractivity contribution in [3.63, 3.8) is 0 Å². The van der Waals surface area contributed by atoms with Crippen LogP contribution in [0.1, 0.15) is 21.8 Å². The molecule has 0 saturated heterocycles. The average molecular weight is 256 g/mol. The van der Waals surface area contributed by atoms with Gasteiger partial charge in [0.1, 0.15) is 0 Å². The van der Waals surface area contributed by atoms with Crippen molar-refractivity contribution in [1.29, 1.82) is 0 Å². The third-order valence-corrected chi connectivity index (χ3v) is 2.69. The molecule has 0 aliphatic rings. The molecular weight excluding hydrogens is 240 g/mol. The first-order valence-corrected chi connectivity index (χ1v) is 6.08. The van der Waals surface area contributed by atoms with E-state index in [1.165, 1.54) is 0 Å².